The summed E-state index contributed by atoms with van der Waals surface area (Å²) in [5.41, 5.74) is 5.83. The molecule has 1 amide bonds. The summed E-state index contributed by atoms with van der Waals surface area (Å²) in [6.07, 6.45) is 3.07. The third-order valence-corrected chi connectivity index (χ3v) is 5.85. The molecule has 0 aromatic carbocycles. The fourth-order valence-corrected chi connectivity index (χ4v) is 4.82. The Labute approximate surface area is 109 Å². The van der Waals surface area contributed by atoms with Crippen LogP contribution in [-0.4, -0.2) is 49.4 Å². The van der Waals surface area contributed by atoms with Crippen molar-refractivity contribution in [1.82, 2.24) is 4.90 Å². The van der Waals surface area contributed by atoms with Gasteiger partial charge in [-0.05, 0) is 32.6 Å². The minimum Gasteiger partial charge on any atom is -0.339 e. The molecule has 0 aromatic heterocycles. The molecule has 3 atom stereocenters. The van der Waals surface area contributed by atoms with Crippen LogP contribution in [0.4, 0.5) is 0 Å². The number of carbonyl (C=O) groups is 1. The monoisotopic (exact) mass is 274 g/mol. The second-order valence-electron chi connectivity index (χ2n) is 5.45. The van der Waals surface area contributed by atoms with Gasteiger partial charge in [0.15, 0.2) is 9.84 Å². The van der Waals surface area contributed by atoms with Crippen molar-refractivity contribution in [3.63, 3.8) is 0 Å². The minimum atomic E-state index is -2.94. The highest BCUT2D eigenvalue weighted by atomic mass is 32.2. The van der Waals surface area contributed by atoms with Crippen LogP contribution in [-0.2, 0) is 14.6 Å². The fourth-order valence-electron chi connectivity index (χ4n) is 3.09. The first-order valence-electron chi connectivity index (χ1n) is 6.69. The fraction of sp³-hybridized carbons (Fsp3) is 0.917. The molecule has 0 radical (unpaired) electrons. The van der Waals surface area contributed by atoms with E-state index in [-0.39, 0.29) is 35.4 Å². The lowest BCUT2D eigenvalue weighted by Crippen LogP contribution is -2.43. The maximum absolute atomic E-state index is 12.4. The van der Waals surface area contributed by atoms with E-state index >= 15 is 0 Å². The van der Waals surface area contributed by atoms with E-state index < -0.39 is 9.84 Å². The van der Waals surface area contributed by atoms with E-state index in [1.807, 2.05) is 6.92 Å². The second kappa shape index (κ2) is 5.17. The molecule has 1 aliphatic heterocycles. The van der Waals surface area contributed by atoms with Crippen molar-refractivity contribution in [2.24, 2.45) is 11.7 Å². The molecule has 0 aromatic rings. The van der Waals surface area contributed by atoms with E-state index in [2.05, 4.69) is 0 Å². The first kappa shape index (κ1) is 13.8. The van der Waals surface area contributed by atoms with Gasteiger partial charge in [0.2, 0.25) is 5.91 Å². The molecule has 6 heteroatoms. The van der Waals surface area contributed by atoms with Crippen LogP contribution in [0.5, 0.6) is 0 Å². The van der Waals surface area contributed by atoms with Gasteiger partial charge in [-0.25, -0.2) is 8.42 Å². The summed E-state index contributed by atoms with van der Waals surface area (Å²) in [5, 5.41) is 0. The smallest absolute Gasteiger partial charge is 0.226 e. The van der Waals surface area contributed by atoms with Crippen molar-refractivity contribution in [3.8, 4) is 0 Å². The Hall–Kier alpha value is -0.620. The van der Waals surface area contributed by atoms with Crippen LogP contribution in [0, 0.1) is 5.92 Å². The normalized spacial score (nSPS) is 34.7. The lowest BCUT2D eigenvalue weighted by Gasteiger charge is -2.29. The van der Waals surface area contributed by atoms with Gasteiger partial charge in [0.25, 0.3) is 0 Å². The van der Waals surface area contributed by atoms with Crippen LogP contribution in [0.2, 0.25) is 0 Å². The van der Waals surface area contributed by atoms with E-state index in [0.29, 0.717) is 13.0 Å². The average Bonchev–Trinajstić information content (AvgIpc) is 2.86. The molecule has 2 fully saturated rings. The maximum Gasteiger partial charge on any atom is 0.226 e. The van der Waals surface area contributed by atoms with Crippen molar-refractivity contribution in [2.75, 3.05) is 18.1 Å². The highest BCUT2D eigenvalue weighted by Crippen LogP contribution is 2.28. The molecule has 1 heterocycles. The van der Waals surface area contributed by atoms with Crippen LogP contribution in [0.1, 0.15) is 32.6 Å². The van der Waals surface area contributed by atoms with Crippen LogP contribution in [0.25, 0.3) is 0 Å². The summed E-state index contributed by atoms with van der Waals surface area (Å²) in [7, 11) is -2.94. The van der Waals surface area contributed by atoms with E-state index in [4.69, 9.17) is 5.73 Å². The van der Waals surface area contributed by atoms with Gasteiger partial charge in [0.1, 0.15) is 0 Å². The van der Waals surface area contributed by atoms with Gasteiger partial charge >= 0.3 is 0 Å². The van der Waals surface area contributed by atoms with Gasteiger partial charge in [-0.1, -0.05) is 0 Å². The number of hydrogen-bond donors (Lipinski definition) is 1. The molecule has 2 aliphatic rings. The summed E-state index contributed by atoms with van der Waals surface area (Å²) in [6.45, 7) is 2.50. The van der Waals surface area contributed by atoms with Gasteiger partial charge in [-0.15, -0.1) is 0 Å². The molecule has 1 saturated heterocycles. The first-order valence-corrected chi connectivity index (χ1v) is 8.51. The zero-order valence-electron chi connectivity index (χ0n) is 10.8. The van der Waals surface area contributed by atoms with Crippen molar-refractivity contribution < 1.29 is 13.2 Å². The Kier molecular flexibility index (Phi) is 3.96. The Bertz CT molecular complexity index is 421. The Morgan fingerprint density at radius 2 is 2.06 bits per heavy atom. The first-order chi connectivity index (χ1) is 8.43. The molecule has 104 valence electrons. The highest BCUT2D eigenvalue weighted by Gasteiger charge is 2.37. The van der Waals surface area contributed by atoms with Gasteiger partial charge < -0.3 is 10.6 Å². The molecule has 3 unspecified atom stereocenters. The molecular weight excluding hydrogens is 252 g/mol. The van der Waals surface area contributed by atoms with Crippen LogP contribution in [0.15, 0.2) is 0 Å². The van der Waals surface area contributed by atoms with Crippen LogP contribution in [0.3, 0.4) is 0 Å². The summed E-state index contributed by atoms with van der Waals surface area (Å²) < 4.78 is 23.0. The number of carbonyl (C=O) groups excluding carboxylic acids is 1. The molecule has 18 heavy (non-hydrogen) atoms. The van der Waals surface area contributed by atoms with E-state index in [0.717, 1.165) is 19.3 Å². The Balaban J connectivity index is 2.03. The SMILES string of the molecule is CCN(C(=O)C1CCC(N)C1)C1CCS(=O)(=O)C1. The lowest BCUT2D eigenvalue weighted by atomic mass is 10.0. The van der Waals surface area contributed by atoms with E-state index in [1.54, 1.807) is 4.90 Å². The summed E-state index contributed by atoms with van der Waals surface area (Å²) >= 11 is 0. The van der Waals surface area contributed by atoms with E-state index in [9.17, 15) is 13.2 Å². The summed E-state index contributed by atoms with van der Waals surface area (Å²) in [4.78, 5) is 14.2. The minimum absolute atomic E-state index is 0.00301. The summed E-state index contributed by atoms with van der Waals surface area (Å²) in [5.74, 6) is 0.451. The lowest BCUT2D eigenvalue weighted by molar-refractivity contribution is -0.137. The average molecular weight is 274 g/mol. The molecular formula is C12H22N2O3S. The van der Waals surface area contributed by atoms with Gasteiger partial charge in [-0.3, -0.25) is 4.79 Å². The predicted octanol–water partition coefficient (Wildman–Crippen LogP) is 0.149. The maximum atomic E-state index is 12.4. The summed E-state index contributed by atoms with van der Waals surface area (Å²) in [6, 6.07) is 0.00860. The Morgan fingerprint density at radius 3 is 2.50 bits per heavy atom. The van der Waals surface area contributed by atoms with Gasteiger partial charge in [0.05, 0.1) is 11.5 Å². The molecule has 0 bridgehead atoms. The van der Waals surface area contributed by atoms with Crippen molar-refractivity contribution in [2.45, 2.75) is 44.7 Å². The zero-order chi connectivity index (χ0) is 13.3. The number of amides is 1. The second-order valence-corrected chi connectivity index (χ2v) is 7.68. The number of hydrogen-bond acceptors (Lipinski definition) is 4. The van der Waals surface area contributed by atoms with Crippen LogP contribution < -0.4 is 5.73 Å². The zero-order valence-corrected chi connectivity index (χ0v) is 11.7. The molecule has 2 N–H and O–H groups in total. The van der Waals surface area contributed by atoms with Gasteiger partial charge in [0, 0.05) is 24.5 Å². The highest BCUT2D eigenvalue weighted by molar-refractivity contribution is 7.91. The molecule has 1 aliphatic carbocycles. The topological polar surface area (TPSA) is 80.5 Å². The third kappa shape index (κ3) is 2.85. The van der Waals surface area contributed by atoms with Crippen molar-refractivity contribution >= 4 is 15.7 Å². The van der Waals surface area contributed by atoms with Gasteiger partial charge in [-0.2, -0.15) is 0 Å². The predicted molar refractivity (Wildman–Crippen MR) is 69.8 cm³/mol. The quantitative estimate of drug-likeness (QED) is 0.794. The standard InChI is InChI=1S/C12H22N2O3S/c1-2-14(11-5-6-18(16,17)8-11)12(15)9-3-4-10(13)7-9/h9-11H,2-8,13H2,1H3. The number of nitrogens with two attached hydrogens (primary N) is 1. The third-order valence-electron chi connectivity index (χ3n) is 4.10. The van der Waals surface area contributed by atoms with E-state index in [1.165, 1.54) is 0 Å². The molecule has 5 nitrogen and oxygen atoms in total. The van der Waals surface area contributed by atoms with Crippen molar-refractivity contribution in [1.29, 1.82) is 0 Å². The number of sulfone groups is 1. The molecule has 1 saturated carbocycles. The Morgan fingerprint density at radius 1 is 1.33 bits per heavy atom. The molecule has 2 rings (SSSR count). The van der Waals surface area contributed by atoms with Crippen molar-refractivity contribution in [3.05, 3.63) is 0 Å². The number of rotatable bonds is 3. The number of nitrogens with zero attached hydrogens (tertiary/aromatic N) is 1. The largest absolute Gasteiger partial charge is 0.339 e. The molecule has 0 spiro atoms. The van der Waals surface area contributed by atoms with Crippen LogP contribution >= 0.6 is 0 Å².